The highest BCUT2D eigenvalue weighted by Crippen LogP contribution is 2.21. The van der Waals surface area contributed by atoms with Gasteiger partial charge in [-0.2, -0.15) is 0 Å². The van der Waals surface area contributed by atoms with Crippen LogP contribution in [0.2, 0.25) is 5.02 Å². The van der Waals surface area contributed by atoms with Gasteiger partial charge in [-0.05, 0) is 36.9 Å². The lowest BCUT2D eigenvalue weighted by Gasteiger charge is -2.18. The van der Waals surface area contributed by atoms with E-state index in [4.69, 9.17) is 17.3 Å². The summed E-state index contributed by atoms with van der Waals surface area (Å²) in [6, 6.07) is 12.4. The van der Waals surface area contributed by atoms with Crippen LogP contribution in [0, 0.1) is 5.82 Å². The van der Waals surface area contributed by atoms with Gasteiger partial charge in [-0.15, -0.1) is 0 Å². The fourth-order valence-corrected chi connectivity index (χ4v) is 2.24. The van der Waals surface area contributed by atoms with E-state index in [0.29, 0.717) is 23.7 Å². The van der Waals surface area contributed by atoms with Gasteiger partial charge in [0, 0.05) is 29.4 Å². The van der Waals surface area contributed by atoms with E-state index in [0.717, 1.165) is 11.3 Å². The van der Waals surface area contributed by atoms with Crippen LogP contribution in [0.15, 0.2) is 42.5 Å². The summed E-state index contributed by atoms with van der Waals surface area (Å²) >= 11 is 6.02. The van der Waals surface area contributed by atoms with Gasteiger partial charge in [-0.3, -0.25) is 4.90 Å². The molecule has 100 valence electrons. The Labute approximate surface area is 117 Å². The third-order valence-corrected chi connectivity index (χ3v) is 3.25. The Morgan fingerprint density at radius 3 is 2.58 bits per heavy atom. The molecule has 2 N–H and O–H groups in total. The lowest BCUT2D eigenvalue weighted by atomic mass is 10.1. The van der Waals surface area contributed by atoms with Gasteiger partial charge in [-0.25, -0.2) is 4.39 Å². The Kier molecular flexibility index (Phi) is 4.40. The fourth-order valence-electron chi connectivity index (χ4n) is 2.01. The molecule has 4 heteroatoms. The number of nitrogens with two attached hydrogens (primary N) is 1. The normalized spacial score (nSPS) is 10.9. The highest BCUT2D eigenvalue weighted by molar-refractivity contribution is 6.31. The molecule has 0 saturated carbocycles. The molecule has 2 rings (SSSR count). The summed E-state index contributed by atoms with van der Waals surface area (Å²) in [5, 5.41) is 0.458. The summed E-state index contributed by atoms with van der Waals surface area (Å²) in [5.74, 6) is -0.271. The number of halogens is 2. The maximum absolute atomic E-state index is 13.7. The summed E-state index contributed by atoms with van der Waals surface area (Å²) in [5.41, 5.74) is 8.08. The molecule has 0 aliphatic heterocycles. The van der Waals surface area contributed by atoms with E-state index < -0.39 is 0 Å². The molecule has 0 aliphatic carbocycles. The van der Waals surface area contributed by atoms with Crippen molar-refractivity contribution < 1.29 is 4.39 Å². The fraction of sp³-hybridized carbons (Fsp3) is 0.200. The zero-order chi connectivity index (χ0) is 13.8. The molecule has 0 amide bonds. The minimum absolute atomic E-state index is 0.271. The smallest absolute Gasteiger partial charge is 0.129 e. The second-order valence-corrected chi connectivity index (χ2v) is 5.02. The van der Waals surface area contributed by atoms with E-state index in [2.05, 4.69) is 0 Å². The first-order valence-electron chi connectivity index (χ1n) is 6.02. The molecule has 2 nitrogen and oxygen atoms in total. The van der Waals surface area contributed by atoms with Gasteiger partial charge in [0.2, 0.25) is 0 Å². The number of hydrogen-bond acceptors (Lipinski definition) is 2. The van der Waals surface area contributed by atoms with Crippen LogP contribution in [0.4, 0.5) is 10.1 Å². The predicted molar refractivity (Wildman–Crippen MR) is 77.4 cm³/mol. The molecular formula is C15H16ClFN2. The van der Waals surface area contributed by atoms with Crippen LogP contribution in [-0.4, -0.2) is 11.9 Å². The standard InChI is InChI=1S/C15H16ClFN2/c1-19(9-11-4-2-5-12(18)8-11)10-13-14(16)6-3-7-15(13)17/h2-8H,9-10,18H2,1H3. The van der Waals surface area contributed by atoms with Gasteiger partial charge >= 0.3 is 0 Å². The molecule has 0 heterocycles. The van der Waals surface area contributed by atoms with Gasteiger partial charge in [0.15, 0.2) is 0 Å². The first kappa shape index (κ1) is 13.8. The molecule has 0 unspecified atom stereocenters. The average Bonchev–Trinajstić information content (AvgIpc) is 2.34. The van der Waals surface area contributed by atoms with Crippen molar-refractivity contribution in [3.63, 3.8) is 0 Å². The quantitative estimate of drug-likeness (QED) is 0.864. The lowest BCUT2D eigenvalue weighted by molar-refractivity contribution is 0.313. The molecule has 0 spiro atoms. The largest absolute Gasteiger partial charge is 0.399 e. The molecule has 0 aromatic heterocycles. The van der Waals surface area contributed by atoms with Crippen LogP contribution >= 0.6 is 11.6 Å². The number of nitrogens with zero attached hydrogens (tertiary/aromatic N) is 1. The van der Waals surface area contributed by atoms with Crippen molar-refractivity contribution in [3.05, 3.63) is 64.4 Å². The molecule has 0 saturated heterocycles. The van der Waals surface area contributed by atoms with Crippen molar-refractivity contribution in [1.29, 1.82) is 0 Å². The highest BCUT2D eigenvalue weighted by atomic mass is 35.5. The van der Waals surface area contributed by atoms with Gasteiger partial charge in [0.25, 0.3) is 0 Å². The molecule has 19 heavy (non-hydrogen) atoms. The number of anilines is 1. The monoisotopic (exact) mass is 278 g/mol. The number of rotatable bonds is 4. The zero-order valence-electron chi connectivity index (χ0n) is 10.7. The van der Waals surface area contributed by atoms with Crippen molar-refractivity contribution in [2.24, 2.45) is 0 Å². The Hall–Kier alpha value is -1.58. The topological polar surface area (TPSA) is 29.3 Å². The summed E-state index contributed by atoms with van der Waals surface area (Å²) in [4.78, 5) is 2.00. The van der Waals surface area contributed by atoms with Gasteiger partial charge in [-0.1, -0.05) is 29.8 Å². The van der Waals surface area contributed by atoms with Crippen LogP contribution in [0.5, 0.6) is 0 Å². The number of benzene rings is 2. The Morgan fingerprint density at radius 2 is 1.89 bits per heavy atom. The van der Waals surface area contributed by atoms with Gasteiger partial charge in [0.1, 0.15) is 5.82 Å². The van der Waals surface area contributed by atoms with Crippen LogP contribution in [0.25, 0.3) is 0 Å². The first-order chi connectivity index (χ1) is 9.06. The Morgan fingerprint density at radius 1 is 1.16 bits per heavy atom. The summed E-state index contributed by atoms with van der Waals surface area (Å²) < 4.78 is 13.7. The van der Waals surface area contributed by atoms with E-state index in [-0.39, 0.29) is 5.82 Å². The molecule has 0 fully saturated rings. The van der Waals surface area contributed by atoms with E-state index in [1.807, 2.05) is 36.2 Å². The second kappa shape index (κ2) is 6.04. The number of nitrogen functional groups attached to an aromatic ring is 1. The maximum atomic E-state index is 13.7. The molecule has 0 aliphatic rings. The van der Waals surface area contributed by atoms with Crippen molar-refractivity contribution in [1.82, 2.24) is 4.90 Å². The maximum Gasteiger partial charge on any atom is 0.129 e. The van der Waals surface area contributed by atoms with E-state index in [9.17, 15) is 4.39 Å². The minimum Gasteiger partial charge on any atom is -0.399 e. The molecule has 2 aromatic carbocycles. The molecule has 0 atom stereocenters. The van der Waals surface area contributed by atoms with Crippen LogP contribution in [-0.2, 0) is 13.1 Å². The summed E-state index contributed by atoms with van der Waals surface area (Å²) in [6.07, 6.45) is 0. The lowest BCUT2D eigenvalue weighted by Crippen LogP contribution is -2.18. The minimum atomic E-state index is -0.271. The van der Waals surface area contributed by atoms with Crippen LogP contribution in [0.3, 0.4) is 0 Å². The summed E-state index contributed by atoms with van der Waals surface area (Å²) in [6.45, 7) is 1.15. The second-order valence-electron chi connectivity index (χ2n) is 4.62. The Bertz CT molecular complexity index is 552. The average molecular weight is 279 g/mol. The molecular weight excluding hydrogens is 263 g/mol. The highest BCUT2D eigenvalue weighted by Gasteiger charge is 2.10. The van der Waals surface area contributed by atoms with E-state index in [1.165, 1.54) is 6.07 Å². The molecule has 0 radical (unpaired) electrons. The third kappa shape index (κ3) is 3.69. The SMILES string of the molecule is CN(Cc1cccc(N)c1)Cc1c(F)cccc1Cl. The van der Waals surface area contributed by atoms with Crippen molar-refractivity contribution in [2.45, 2.75) is 13.1 Å². The van der Waals surface area contributed by atoms with Crippen molar-refractivity contribution in [3.8, 4) is 0 Å². The third-order valence-electron chi connectivity index (χ3n) is 2.89. The predicted octanol–water partition coefficient (Wildman–Crippen LogP) is 3.69. The Balaban J connectivity index is 2.07. The number of hydrogen-bond donors (Lipinski definition) is 1. The van der Waals surface area contributed by atoms with Crippen LogP contribution < -0.4 is 5.73 Å². The van der Waals surface area contributed by atoms with E-state index >= 15 is 0 Å². The van der Waals surface area contributed by atoms with Gasteiger partial charge < -0.3 is 5.73 Å². The van der Waals surface area contributed by atoms with E-state index in [1.54, 1.807) is 12.1 Å². The molecule has 2 aromatic rings. The van der Waals surface area contributed by atoms with Crippen LogP contribution in [0.1, 0.15) is 11.1 Å². The van der Waals surface area contributed by atoms with Gasteiger partial charge in [0.05, 0.1) is 0 Å². The summed E-state index contributed by atoms with van der Waals surface area (Å²) in [7, 11) is 1.92. The first-order valence-corrected chi connectivity index (χ1v) is 6.40. The molecule has 0 bridgehead atoms. The van der Waals surface area contributed by atoms with Crippen molar-refractivity contribution >= 4 is 17.3 Å². The zero-order valence-corrected chi connectivity index (χ0v) is 11.5. The van der Waals surface area contributed by atoms with Crippen molar-refractivity contribution in [2.75, 3.05) is 12.8 Å².